The summed E-state index contributed by atoms with van der Waals surface area (Å²) in [6.07, 6.45) is 0.363. The number of nitrogens with one attached hydrogen (secondary N) is 2. The molecule has 0 aliphatic carbocycles. The van der Waals surface area contributed by atoms with Crippen molar-refractivity contribution in [3.8, 4) is 0 Å². The average molecular weight is 387 g/mol. The first-order valence-corrected chi connectivity index (χ1v) is 8.63. The highest BCUT2D eigenvalue weighted by Gasteiger charge is 2.11. The summed E-state index contributed by atoms with van der Waals surface area (Å²) in [5.74, 6) is -0.723. The molecule has 0 aliphatic heterocycles. The Kier molecular flexibility index (Phi) is 7.44. The summed E-state index contributed by atoms with van der Waals surface area (Å²) >= 11 is 0. The lowest BCUT2D eigenvalue weighted by Crippen LogP contribution is -2.21. The number of anilines is 2. The number of carbonyl (C=O) groups is 4. The summed E-state index contributed by atoms with van der Waals surface area (Å²) < 4.78 is 9.65. The molecule has 148 valence electrons. The number of hydrogen-bond acceptors (Lipinski definition) is 7. The van der Waals surface area contributed by atoms with Crippen LogP contribution in [-0.2, 0) is 19.1 Å². The number of hydrogen-bond donors (Lipinski definition) is 2. The fourth-order valence-electron chi connectivity index (χ4n) is 2.26. The SMILES string of the molecule is CC(=O)c1cccc(NC(=O)CCCC(=O)OCC(=O)Nc2cc(C)on2)c1. The van der Waals surface area contributed by atoms with Gasteiger partial charge in [-0.1, -0.05) is 17.3 Å². The molecular formula is C19H21N3O6. The third-order valence-corrected chi connectivity index (χ3v) is 3.60. The third kappa shape index (κ3) is 7.02. The van der Waals surface area contributed by atoms with Crippen molar-refractivity contribution in [2.24, 2.45) is 0 Å². The van der Waals surface area contributed by atoms with Crippen molar-refractivity contribution in [3.05, 3.63) is 41.7 Å². The quantitative estimate of drug-likeness (QED) is 0.500. The van der Waals surface area contributed by atoms with Crippen molar-refractivity contribution in [2.75, 3.05) is 17.2 Å². The van der Waals surface area contributed by atoms with E-state index < -0.39 is 18.5 Å². The number of esters is 1. The normalized spacial score (nSPS) is 10.2. The molecule has 0 radical (unpaired) electrons. The number of ether oxygens (including phenoxy) is 1. The van der Waals surface area contributed by atoms with Gasteiger partial charge in [-0.05, 0) is 32.4 Å². The van der Waals surface area contributed by atoms with Crippen LogP contribution < -0.4 is 10.6 Å². The second-order valence-corrected chi connectivity index (χ2v) is 6.07. The fraction of sp³-hybridized carbons (Fsp3) is 0.316. The van der Waals surface area contributed by atoms with E-state index in [2.05, 4.69) is 15.8 Å². The van der Waals surface area contributed by atoms with Gasteiger partial charge in [-0.3, -0.25) is 19.2 Å². The molecule has 1 aromatic heterocycles. The van der Waals surface area contributed by atoms with Gasteiger partial charge < -0.3 is 19.9 Å². The zero-order valence-electron chi connectivity index (χ0n) is 15.6. The molecule has 9 nitrogen and oxygen atoms in total. The molecule has 1 heterocycles. The summed E-state index contributed by atoms with van der Waals surface area (Å²) in [7, 11) is 0. The summed E-state index contributed by atoms with van der Waals surface area (Å²) in [6, 6.07) is 8.13. The van der Waals surface area contributed by atoms with Gasteiger partial charge >= 0.3 is 5.97 Å². The zero-order valence-corrected chi connectivity index (χ0v) is 15.6. The Morgan fingerprint density at radius 3 is 2.54 bits per heavy atom. The number of Topliss-reactive ketones (excluding diaryl/α,β-unsaturated/α-hetero) is 1. The first-order valence-electron chi connectivity index (χ1n) is 8.63. The molecule has 0 saturated heterocycles. The van der Waals surface area contributed by atoms with Crippen LogP contribution in [0.5, 0.6) is 0 Å². The minimum atomic E-state index is -0.585. The van der Waals surface area contributed by atoms with Gasteiger partial charge in [0.2, 0.25) is 5.91 Å². The number of ketones is 1. The molecule has 28 heavy (non-hydrogen) atoms. The van der Waals surface area contributed by atoms with Gasteiger partial charge in [0.15, 0.2) is 18.2 Å². The Balaban J connectivity index is 1.64. The maximum absolute atomic E-state index is 11.9. The highest BCUT2D eigenvalue weighted by molar-refractivity contribution is 5.97. The first-order chi connectivity index (χ1) is 13.3. The zero-order chi connectivity index (χ0) is 20.5. The van der Waals surface area contributed by atoms with Crippen molar-refractivity contribution >= 4 is 35.1 Å². The topological polar surface area (TPSA) is 128 Å². The van der Waals surface area contributed by atoms with E-state index >= 15 is 0 Å². The summed E-state index contributed by atoms with van der Waals surface area (Å²) in [5, 5.41) is 8.68. The van der Waals surface area contributed by atoms with Gasteiger partial charge in [-0.15, -0.1) is 0 Å². The van der Waals surface area contributed by atoms with Crippen LogP contribution in [0.15, 0.2) is 34.9 Å². The van der Waals surface area contributed by atoms with Crippen LogP contribution in [0.25, 0.3) is 0 Å². The van der Waals surface area contributed by atoms with E-state index in [0.717, 1.165) is 0 Å². The van der Waals surface area contributed by atoms with E-state index in [1.165, 1.54) is 13.0 Å². The number of benzene rings is 1. The number of nitrogens with zero attached hydrogens (tertiary/aromatic N) is 1. The number of aromatic nitrogens is 1. The summed E-state index contributed by atoms with van der Waals surface area (Å²) in [4.78, 5) is 46.5. The smallest absolute Gasteiger partial charge is 0.306 e. The van der Waals surface area contributed by atoms with Gasteiger partial charge in [0.05, 0.1) is 0 Å². The lowest BCUT2D eigenvalue weighted by molar-refractivity contribution is -0.147. The van der Waals surface area contributed by atoms with Crippen LogP contribution in [-0.4, -0.2) is 35.3 Å². The predicted molar refractivity (Wildman–Crippen MR) is 99.8 cm³/mol. The van der Waals surface area contributed by atoms with E-state index in [1.807, 2.05) is 0 Å². The van der Waals surface area contributed by atoms with Crippen molar-refractivity contribution in [1.82, 2.24) is 5.16 Å². The molecule has 0 saturated carbocycles. The Labute approximate surface area is 161 Å². The van der Waals surface area contributed by atoms with E-state index in [0.29, 0.717) is 17.0 Å². The van der Waals surface area contributed by atoms with Crippen molar-refractivity contribution in [2.45, 2.75) is 33.1 Å². The minimum Gasteiger partial charge on any atom is -0.456 e. The Hall–Kier alpha value is -3.49. The van der Waals surface area contributed by atoms with Gasteiger partial charge in [0.1, 0.15) is 5.76 Å². The largest absolute Gasteiger partial charge is 0.456 e. The minimum absolute atomic E-state index is 0.00272. The molecule has 0 unspecified atom stereocenters. The van der Waals surface area contributed by atoms with Gasteiger partial charge in [-0.25, -0.2) is 0 Å². The number of rotatable bonds is 9. The van der Waals surface area contributed by atoms with E-state index in [9.17, 15) is 19.2 Å². The van der Waals surface area contributed by atoms with Gasteiger partial charge in [0.25, 0.3) is 5.91 Å². The molecule has 2 rings (SSSR count). The predicted octanol–water partition coefficient (Wildman–Crippen LogP) is 2.48. The molecule has 2 aromatic rings. The van der Waals surface area contributed by atoms with Crippen LogP contribution in [0.4, 0.5) is 11.5 Å². The molecular weight excluding hydrogens is 366 g/mol. The molecule has 0 atom stereocenters. The Bertz CT molecular complexity index is 874. The van der Waals surface area contributed by atoms with Crippen LogP contribution in [0.2, 0.25) is 0 Å². The first kappa shape index (κ1) is 20.8. The molecule has 0 spiro atoms. The lowest BCUT2D eigenvalue weighted by Gasteiger charge is -2.07. The molecule has 9 heteroatoms. The molecule has 0 fully saturated rings. The third-order valence-electron chi connectivity index (χ3n) is 3.60. The molecule has 2 N–H and O–H groups in total. The van der Waals surface area contributed by atoms with Crippen LogP contribution >= 0.6 is 0 Å². The highest BCUT2D eigenvalue weighted by Crippen LogP contribution is 2.12. The van der Waals surface area contributed by atoms with Crippen LogP contribution in [0.1, 0.15) is 42.3 Å². The second-order valence-electron chi connectivity index (χ2n) is 6.07. The van der Waals surface area contributed by atoms with Crippen molar-refractivity contribution in [1.29, 1.82) is 0 Å². The van der Waals surface area contributed by atoms with E-state index in [4.69, 9.17) is 9.26 Å². The highest BCUT2D eigenvalue weighted by atomic mass is 16.5. The average Bonchev–Trinajstić information content (AvgIpc) is 3.05. The molecule has 0 bridgehead atoms. The standard InChI is InChI=1S/C19H21N3O6/c1-12-9-16(22-28-12)21-18(25)11-27-19(26)8-4-7-17(24)20-15-6-3-5-14(10-15)13(2)23/h3,5-6,9-10H,4,7-8,11H2,1-2H3,(H,20,24)(H,21,22,25). The van der Waals surface area contributed by atoms with Gasteiger partial charge in [0, 0.05) is 30.2 Å². The number of carbonyl (C=O) groups excluding carboxylic acids is 4. The molecule has 2 amide bonds. The maximum Gasteiger partial charge on any atom is 0.306 e. The summed E-state index contributed by atoms with van der Waals surface area (Å²) in [6.45, 7) is 2.67. The Morgan fingerprint density at radius 1 is 1.07 bits per heavy atom. The number of aryl methyl sites for hydroxylation is 1. The van der Waals surface area contributed by atoms with Crippen molar-refractivity contribution < 1.29 is 28.4 Å². The second kappa shape index (κ2) is 10.0. The molecule has 1 aromatic carbocycles. The Morgan fingerprint density at radius 2 is 1.86 bits per heavy atom. The van der Waals surface area contributed by atoms with E-state index in [1.54, 1.807) is 31.2 Å². The van der Waals surface area contributed by atoms with Gasteiger partial charge in [-0.2, -0.15) is 0 Å². The number of amides is 2. The fourth-order valence-corrected chi connectivity index (χ4v) is 2.26. The van der Waals surface area contributed by atoms with Crippen LogP contribution in [0.3, 0.4) is 0 Å². The maximum atomic E-state index is 11.9. The van der Waals surface area contributed by atoms with Crippen molar-refractivity contribution in [3.63, 3.8) is 0 Å². The monoisotopic (exact) mass is 387 g/mol. The van der Waals surface area contributed by atoms with E-state index in [-0.39, 0.29) is 36.8 Å². The lowest BCUT2D eigenvalue weighted by atomic mass is 10.1. The van der Waals surface area contributed by atoms with Crippen LogP contribution in [0, 0.1) is 6.92 Å². The molecule has 0 aliphatic rings. The summed E-state index contributed by atoms with van der Waals surface area (Å²) in [5.41, 5.74) is 1.01.